The fourth-order valence-corrected chi connectivity index (χ4v) is 5.53. The van der Waals surface area contributed by atoms with Crippen LogP contribution in [-0.4, -0.2) is 21.2 Å². The molecule has 3 aromatic rings. The molecule has 0 spiro atoms. The third kappa shape index (κ3) is 2.66. The molecule has 0 bridgehead atoms. The van der Waals surface area contributed by atoms with E-state index in [4.69, 9.17) is 11.5 Å². The van der Waals surface area contributed by atoms with E-state index in [1.165, 1.54) is 21.3 Å². The van der Waals surface area contributed by atoms with E-state index in [0.29, 0.717) is 12.8 Å². The highest BCUT2D eigenvalue weighted by Crippen LogP contribution is 2.28. The van der Waals surface area contributed by atoms with Crippen molar-refractivity contribution in [2.45, 2.75) is 75.5 Å². The number of aromatic nitrogens is 2. The van der Waals surface area contributed by atoms with Gasteiger partial charge in [-0.1, -0.05) is 25.7 Å². The molecule has 30 heavy (non-hydrogen) atoms. The van der Waals surface area contributed by atoms with Crippen molar-refractivity contribution >= 4 is 21.5 Å². The number of benzene rings is 1. The summed E-state index contributed by atoms with van der Waals surface area (Å²) in [7, 11) is 0. The van der Waals surface area contributed by atoms with Crippen molar-refractivity contribution in [3.05, 3.63) is 53.5 Å². The van der Waals surface area contributed by atoms with Crippen LogP contribution < -0.4 is 33.7 Å². The van der Waals surface area contributed by atoms with E-state index in [9.17, 15) is 19.2 Å². The fourth-order valence-electron chi connectivity index (χ4n) is 5.53. The first-order valence-corrected chi connectivity index (χ1v) is 10.8. The lowest BCUT2D eigenvalue weighted by Crippen LogP contribution is -2.42. The molecule has 158 valence electrons. The quantitative estimate of drug-likeness (QED) is 0.643. The standard InChI is InChI=1S/C22H26N4O4/c23-15-5-1-3-7-17(15)25-19(27)11-9-13-14(10-12(11)20(25)28)22(30)26(21(13)29)18-8-4-2-6-16(18)24/h9-10,15-18H,1-8,23-24H2/t15-,16-,17-,18-/m0/s1. The Kier molecular flexibility index (Phi) is 4.52. The van der Waals surface area contributed by atoms with Gasteiger partial charge in [0, 0.05) is 12.1 Å². The van der Waals surface area contributed by atoms with E-state index in [-0.39, 0.29) is 45.7 Å². The molecule has 5 rings (SSSR count). The van der Waals surface area contributed by atoms with E-state index < -0.39 is 22.2 Å². The summed E-state index contributed by atoms with van der Waals surface area (Å²) >= 11 is 0. The summed E-state index contributed by atoms with van der Waals surface area (Å²) in [5, 5.41) is 0.750. The maximum absolute atomic E-state index is 13.1. The largest absolute Gasteiger partial charge is 0.326 e. The zero-order valence-electron chi connectivity index (χ0n) is 16.8. The second kappa shape index (κ2) is 6.99. The number of fused-ring (bicyclic) bond motifs is 2. The van der Waals surface area contributed by atoms with Gasteiger partial charge < -0.3 is 11.5 Å². The van der Waals surface area contributed by atoms with E-state index in [2.05, 4.69) is 0 Å². The van der Waals surface area contributed by atoms with Gasteiger partial charge in [0.15, 0.2) is 0 Å². The molecule has 0 unspecified atom stereocenters. The summed E-state index contributed by atoms with van der Waals surface area (Å²) in [6, 6.07) is 1.66. The first-order valence-electron chi connectivity index (χ1n) is 10.8. The van der Waals surface area contributed by atoms with Crippen molar-refractivity contribution in [1.29, 1.82) is 0 Å². The van der Waals surface area contributed by atoms with Crippen LogP contribution in [0.2, 0.25) is 0 Å². The van der Waals surface area contributed by atoms with Crippen LogP contribution in [0.5, 0.6) is 0 Å². The molecule has 4 N–H and O–H groups in total. The monoisotopic (exact) mass is 410 g/mol. The number of nitrogens with zero attached hydrogens (tertiary/aromatic N) is 2. The molecule has 0 saturated heterocycles. The second-order valence-corrected chi connectivity index (χ2v) is 8.94. The van der Waals surface area contributed by atoms with Gasteiger partial charge >= 0.3 is 0 Å². The number of nitrogens with two attached hydrogens (primary N) is 2. The van der Waals surface area contributed by atoms with Crippen molar-refractivity contribution in [2.24, 2.45) is 11.5 Å². The molecule has 2 fully saturated rings. The van der Waals surface area contributed by atoms with E-state index in [1.54, 1.807) is 0 Å². The number of hydrogen-bond donors (Lipinski definition) is 2. The van der Waals surface area contributed by atoms with Crippen LogP contribution >= 0.6 is 0 Å². The SMILES string of the molecule is N[C@H]1CCCC[C@@H]1n1c(=O)c2cc3c(=O)n([C@H]4CCCC[C@@H]4N)c(=O)c3cc2c1=O. The molecule has 0 radical (unpaired) electrons. The Morgan fingerprint density at radius 1 is 0.567 bits per heavy atom. The fraction of sp³-hybridized carbons (Fsp3) is 0.545. The molecular formula is C22H26N4O4. The van der Waals surface area contributed by atoms with E-state index >= 15 is 0 Å². The normalized spacial score (nSPS) is 27.8. The number of rotatable bonds is 2. The highest BCUT2D eigenvalue weighted by Gasteiger charge is 2.31. The Balaban J connectivity index is 1.73. The van der Waals surface area contributed by atoms with Crippen molar-refractivity contribution in [3.63, 3.8) is 0 Å². The highest BCUT2D eigenvalue weighted by molar-refractivity contribution is 5.97. The van der Waals surface area contributed by atoms with E-state index in [1.807, 2.05) is 0 Å². The second-order valence-electron chi connectivity index (χ2n) is 8.94. The summed E-state index contributed by atoms with van der Waals surface area (Å²) in [5.74, 6) is 0. The van der Waals surface area contributed by atoms with E-state index in [0.717, 1.165) is 38.5 Å². The minimum absolute atomic E-state index is 0.187. The van der Waals surface area contributed by atoms with Crippen LogP contribution in [0.3, 0.4) is 0 Å². The molecule has 2 heterocycles. The summed E-state index contributed by atoms with van der Waals surface area (Å²) < 4.78 is 2.49. The lowest BCUT2D eigenvalue weighted by atomic mass is 9.91. The Morgan fingerprint density at radius 2 is 0.867 bits per heavy atom. The van der Waals surface area contributed by atoms with Crippen molar-refractivity contribution in [1.82, 2.24) is 9.13 Å². The highest BCUT2D eigenvalue weighted by atomic mass is 16.2. The molecule has 4 atom stereocenters. The van der Waals surface area contributed by atoms with Crippen LogP contribution in [0, 0.1) is 0 Å². The zero-order valence-corrected chi connectivity index (χ0v) is 16.8. The maximum atomic E-state index is 13.1. The van der Waals surface area contributed by atoms with Crippen LogP contribution in [0.25, 0.3) is 21.5 Å². The Morgan fingerprint density at radius 3 is 1.17 bits per heavy atom. The van der Waals surface area contributed by atoms with Crippen molar-refractivity contribution < 1.29 is 0 Å². The number of hydrogen-bond acceptors (Lipinski definition) is 6. The average Bonchev–Trinajstić information content (AvgIpc) is 3.12. The summed E-state index contributed by atoms with van der Waals surface area (Å²) in [5.41, 5.74) is 10.7. The predicted molar refractivity (Wildman–Crippen MR) is 116 cm³/mol. The van der Waals surface area contributed by atoms with Crippen LogP contribution in [0.15, 0.2) is 31.3 Å². The minimum Gasteiger partial charge on any atom is -0.326 e. The van der Waals surface area contributed by atoms with Gasteiger partial charge in [-0.05, 0) is 37.8 Å². The third-order valence-corrected chi connectivity index (χ3v) is 7.18. The third-order valence-electron chi connectivity index (χ3n) is 7.18. The summed E-state index contributed by atoms with van der Waals surface area (Å²) in [6.07, 6.45) is 6.68. The minimum atomic E-state index is -0.423. The van der Waals surface area contributed by atoms with Gasteiger partial charge in [-0.2, -0.15) is 0 Å². The smallest absolute Gasteiger partial charge is 0.261 e. The van der Waals surface area contributed by atoms with Gasteiger partial charge in [-0.15, -0.1) is 0 Å². The molecule has 0 amide bonds. The molecule has 2 aromatic heterocycles. The van der Waals surface area contributed by atoms with Gasteiger partial charge in [0.05, 0.1) is 33.6 Å². The Hall–Kier alpha value is -2.58. The lowest BCUT2D eigenvalue weighted by Gasteiger charge is -2.28. The molecule has 8 nitrogen and oxygen atoms in total. The van der Waals surface area contributed by atoms with Crippen molar-refractivity contribution in [3.8, 4) is 0 Å². The Labute approximate surface area is 171 Å². The molecule has 2 saturated carbocycles. The molecule has 2 aliphatic carbocycles. The molecule has 2 aliphatic rings. The van der Waals surface area contributed by atoms with Gasteiger partial charge in [0.25, 0.3) is 22.2 Å². The molecule has 8 heteroatoms. The first-order chi connectivity index (χ1) is 14.4. The van der Waals surface area contributed by atoms with Gasteiger partial charge in [0.1, 0.15) is 0 Å². The van der Waals surface area contributed by atoms with Crippen LogP contribution in [-0.2, 0) is 0 Å². The van der Waals surface area contributed by atoms with Crippen molar-refractivity contribution in [2.75, 3.05) is 0 Å². The van der Waals surface area contributed by atoms with Crippen LogP contribution in [0.4, 0.5) is 0 Å². The topological polar surface area (TPSA) is 130 Å². The molecule has 0 aliphatic heterocycles. The first kappa shape index (κ1) is 19.4. The van der Waals surface area contributed by atoms with Gasteiger partial charge in [-0.25, -0.2) is 0 Å². The lowest BCUT2D eigenvalue weighted by molar-refractivity contribution is 0.298. The van der Waals surface area contributed by atoms with Crippen LogP contribution in [0.1, 0.15) is 63.5 Å². The Bertz CT molecular complexity index is 1170. The zero-order chi connectivity index (χ0) is 21.2. The summed E-state index contributed by atoms with van der Waals surface area (Å²) in [6.45, 7) is 0. The predicted octanol–water partition coefficient (Wildman–Crippen LogP) is 0.797. The average molecular weight is 410 g/mol. The molecule has 1 aromatic carbocycles. The summed E-state index contributed by atoms with van der Waals surface area (Å²) in [4.78, 5) is 52.4. The maximum Gasteiger partial charge on any atom is 0.261 e. The van der Waals surface area contributed by atoms with Gasteiger partial charge in [-0.3, -0.25) is 28.3 Å². The van der Waals surface area contributed by atoms with Gasteiger partial charge in [0.2, 0.25) is 0 Å². The molecular weight excluding hydrogens is 384 g/mol.